The monoisotopic (exact) mass is 297 g/mol. The van der Waals surface area contributed by atoms with Crippen LogP contribution in [0.25, 0.3) is 0 Å². The van der Waals surface area contributed by atoms with Gasteiger partial charge >= 0.3 is 5.97 Å². The van der Waals surface area contributed by atoms with E-state index in [1.807, 2.05) is 13.1 Å². The molecular formula is C15H23NO3S. The lowest BCUT2D eigenvalue weighted by Gasteiger charge is -2.15. The normalized spacial score (nSPS) is 12.0. The molecule has 0 radical (unpaired) electrons. The lowest BCUT2D eigenvalue weighted by molar-refractivity contribution is -0.140. The maximum absolute atomic E-state index is 11.1. The van der Waals surface area contributed by atoms with Gasteiger partial charge in [-0.2, -0.15) is 11.8 Å². The molecule has 1 aromatic carbocycles. The van der Waals surface area contributed by atoms with Crippen molar-refractivity contribution in [2.45, 2.75) is 25.1 Å². The fraction of sp³-hybridized carbons (Fsp3) is 0.533. The zero-order valence-electron chi connectivity index (χ0n) is 12.6. The number of methoxy groups -OCH3 is 2. The zero-order valence-corrected chi connectivity index (χ0v) is 13.4. The van der Waals surface area contributed by atoms with Crippen molar-refractivity contribution in [1.82, 2.24) is 5.32 Å². The molecule has 0 aromatic heterocycles. The van der Waals surface area contributed by atoms with E-state index in [9.17, 15) is 4.79 Å². The predicted octanol–water partition coefficient (Wildman–Crippen LogP) is 2.77. The molecule has 0 bridgehead atoms. The number of benzene rings is 1. The highest BCUT2D eigenvalue weighted by molar-refractivity contribution is 7.98. The molecule has 0 aliphatic carbocycles. The van der Waals surface area contributed by atoms with Crippen LogP contribution in [0.3, 0.4) is 0 Å². The van der Waals surface area contributed by atoms with Crippen molar-refractivity contribution in [1.29, 1.82) is 0 Å². The second-order valence-electron chi connectivity index (χ2n) is 4.46. The van der Waals surface area contributed by atoms with E-state index in [0.717, 1.165) is 22.8 Å². The van der Waals surface area contributed by atoms with Crippen molar-refractivity contribution in [2.75, 3.05) is 27.0 Å². The average Bonchev–Trinajstić information content (AvgIpc) is 2.50. The van der Waals surface area contributed by atoms with Gasteiger partial charge in [0.15, 0.2) is 0 Å². The van der Waals surface area contributed by atoms with Crippen LogP contribution in [0.1, 0.15) is 30.5 Å². The quantitative estimate of drug-likeness (QED) is 0.590. The van der Waals surface area contributed by atoms with E-state index in [0.29, 0.717) is 12.5 Å². The van der Waals surface area contributed by atoms with Crippen molar-refractivity contribution in [3.05, 3.63) is 29.3 Å². The molecule has 1 N–H and O–H groups in total. The predicted molar refractivity (Wildman–Crippen MR) is 83.3 cm³/mol. The van der Waals surface area contributed by atoms with Crippen LogP contribution in [0.4, 0.5) is 0 Å². The molecule has 0 aliphatic rings. The third kappa shape index (κ3) is 5.06. The zero-order chi connectivity index (χ0) is 15.0. The summed E-state index contributed by atoms with van der Waals surface area (Å²) in [6.07, 6.45) is 0.441. The Kier molecular flexibility index (Phi) is 7.47. The van der Waals surface area contributed by atoms with Crippen LogP contribution in [0.2, 0.25) is 0 Å². The molecule has 0 heterocycles. The fourth-order valence-electron chi connectivity index (χ4n) is 1.79. The summed E-state index contributed by atoms with van der Waals surface area (Å²) >= 11 is 1.71. The number of rotatable bonds is 8. The molecule has 0 aliphatic heterocycles. The number of hydrogen-bond acceptors (Lipinski definition) is 5. The number of ether oxygens (including phenoxy) is 2. The van der Waals surface area contributed by atoms with E-state index < -0.39 is 0 Å². The maximum atomic E-state index is 11.1. The largest absolute Gasteiger partial charge is 0.496 e. The van der Waals surface area contributed by atoms with Gasteiger partial charge in [-0.05, 0) is 31.7 Å². The highest BCUT2D eigenvalue weighted by atomic mass is 32.2. The number of hydrogen-bond donors (Lipinski definition) is 1. The third-order valence-electron chi connectivity index (χ3n) is 3.17. The van der Waals surface area contributed by atoms with Crippen LogP contribution in [0, 0.1) is 0 Å². The summed E-state index contributed by atoms with van der Waals surface area (Å²) in [6, 6.07) is 6.53. The van der Waals surface area contributed by atoms with Gasteiger partial charge in [0.2, 0.25) is 0 Å². The summed E-state index contributed by atoms with van der Waals surface area (Å²) in [5.74, 6) is 2.30. The first-order chi connectivity index (χ1) is 9.62. The number of carbonyl (C=O) groups is 1. The van der Waals surface area contributed by atoms with E-state index in [-0.39, 0.29) is 5.97 Å². The summed E-state index contributed by atoms with van der Waals surface area (Å²) in [6.45, 7) is 2.12. The molecule has 1 rings (SSSR count). The van der Waals surface area contributed by atoms with Gasteiger partial charge in [0.05, 0.1) is 20.6 Å². The minimum Gasteiger partial charge on any atom is -0.496 e. The van der Waals surface area contributed by atoms with Crippen LogP contribution in [0.15, 0.2) is 18.2 Å². The van der Waals surface area contributed by atoms with Crippen molar-refractivity contribution in [2.24, 2.45) is 0 Å². The van der Waals surface area contributed by atoms with Gasteiger partial charge in [-0.1, -0.05) is 6.07 Å². The molecular weight excluding hydrogens is 274 g/mol. The lowest BCUT2D eigenvalue weighted by Crippen LogP contribution is -2.12. The van der Waals surface area contributed by atoms with Crippen LogP contribution >= 0.6 is 11.8 Å². The Morgan fingerprint density at radius 2 is 2.15 bits per heavy atom. The second-order valence-corrected chi connectivity index (χ2v) is 5.57. The van der Waals surface area contributed by atoms with E-state index in [2.05, 4.69) is 29.1 Å². The molecule has 1 aromatic rings. The number of thioether (sulfide) groups is 1. The van der Waals surface area contributed by atoms with E-state index >= 15 is 0 Å². The second kappa shape index (κ2) is 8.87. The molecule has 0 saturated carbocycles. The van der Waals surface area contributed by atoms with Crippen LogP contribution < -0.4 is 10.1 Å². The molecule has 0 saturated heterocycles. The summed E-state index contributed by atoms with van der Waals surface area (Å²) in [5.41, 5.74) is 2.39. The molecule has 4 nitrogen and oxygen atoms in total. The van der Waals surface area contributed by atoms with E-state index in [4.69, 9.17) is 4.74 Å². The first-order valence-electron chi connectivity index (χ1n) is 6.61. The van der Waals surface area contributed by atoms with Crippen LogP contribution in [-0.2, 0) is 15.3 Å². The maximum Gasteiger partial charge on any atom is 0.306 e. The van der Waals surface area contributed by atoms with E-state index in [1.54, 1.807) is 18.9 Å². The standard InChI is InChI=1S/C15H23NO3S/c1-11(16-2)12-5-6-14(18-3)13(9-12)10-20-8-7-15(17)19-4/h5-6,9,11,16H,7-8,10H2,1-4H3. The highest BCUT2D eigenvalue weighted by Crippen LogP contribution is 2.27. The Hall–Kier alpha value is -1.20. The molecule has 1 unspecified atom stereocenters. The van der Waals surface area contributed by atoms with Crippen LogP contribution in [-0.4, -0.2) is 33.0 Å². The van der Waals surface area contributed by atoms with Gasteiger partial charge < -0.3 is 14.8 Å². The number of carbonyl (C=O) groups excluding carboxylic acids is 1. The average molecular weight is 297 g/mol. The first kappa shape index (κ1) is 16.9. The number of esters is 1. The first-order valence-corrected chi connectivity index (χ1v) is 7.76. The molecule has 0 spiro atoms. The van der Waals surface area contributed by atoms with Gasteiger partial charge in [0.1, 0.15) is 5.75 Å². The Morgan fingerprint density at radius 3 is 2.75 bits per heavy atom. The summed E-state index contributed by atoms with van der Waals surface area (Å²) < 4.78 is 10.0. The molecule has 0 fully saturated rings. The minimum absolute atomic E-state index is 0.165. The third-order valence-corrected chi connectivity index (χ3v) is 4.18. The van der Waals surface area contributed by atoms with Crippen molar-refractivity contribution in [3.8, 4) is 5.75 Å². The molecule has 1 atom stereocenters. The van der Waals surface area contributed by atoms with Crippen molar-refractivity contribution >= 4 is 17.7 Å². The Morgan fingerprint density at radius 1 is 1.40 bits per heavy atom. The Labute approximate surface area is 125 Å². The number of nitrogens with one attached hydrogen (secondary N) is 1. The smallest absolute Gasteiger partial charge is 0.306 e. The molecule has 112 valence electrons. The van der Waals surface area contributed by atoms with Gasteiger partial charge in [0, 0.05) is 23.1 Å². The van der Waals surface area contributed by atoms with Gasteiger partial charge in [-0.3, -0.25) is 4.79 Å². The highest BCUT2D eigenvalue weighted by Gasteiger charge is 2.09. The van der Waals surface area contributed by atoms with Gasteiger partial charge in [0.25, 0.3) is 0 Å². The summed E-state index contributed by atoms with van der Waals surface area (Å²) in [7, 11) is 5.04. The van der Waals surface area contributed by atoms with E-state index in [1.165, 1.54) is 12.7 Å². The lowest BCUT2D eigenvalue weighted by atomic mass is 10.1. The molecule has 5 heteroatoms. The summed E-state index contributed by atoms with van der Waals surface area (Å²) in [4.78, 5) is 11.1. The molecule has 0 amide bonds. The van der Waals surface area contributed by atoms with Crippen molar-refractivity contribution in [3.63, 3.8) is 0 Å². The van der Waals surface area contributed by atoms with Crippen molar-refractivity contribution < 1.29 is 14.3 Å². The Bertz CT molecular complexity index is 437. The molecule has 20 heavy (non-hydrogen) atoms. The van der Waals surface area contributed by atoms with Gasteiger partial charge in [-0.15, -0.1) is 0 Å². The SMILES string of the molecule is CNC(C)c1ccc(OC)c(CSCCC(=O)OC)c1. The minimum atomic E-state index is -0.165. The van der Waals surface area contributed by atoms with Gasteiger partial charge in [-0.25, -0.2) is 0 Å². The summed E-state index contributed by atoms with van der Waals surface area (Å²) in [5, 5.41) is 3.23. The van der Waals surface area contributed by atoms with Crippen LogP contribution in [0.5, 0.6) is 5.75 Å². The topological polar surface area (TPSA) is 47.6 Å². The fourth-order valence-corrected chi connectivity index (χ4v) is 2.69. The Balaban J connectivity index is 2.64.